The fourth-order valence-electron chi connectivity index (χ4n) is 3.91. The van der Waals surface area contributed by atoms with Crippen molar-refractivity contribution in [3.8, 4) is 11.5 Å². The van der Waals surface area contributed by atoms with Crippen LogP contribution in [0.2, 0.25) is 10.0 Å². The van der Waals surface area contributed by atoms with Crippen molar-refractivity contribution in [2.75, 3.05) is 25.6 Å². The normalized spacial score (nSPS) is 11.5. The van der Waals surface area contributed by atoms with Crippen molar-refractivity contribution < 1.29 is 28.0 Å². The average molecular weight is 624 g/mol. The first kappa shape index (κ1) is 32.2. The Morgan fingerprint density at radius 1 is 0.951 bits per heavy atom. The summed E-state index contributed by atoms with van der Waals surface area (Å²) in [6.07, 6.45) is 1.21. The van der Waals surface area contributed by atoms with Crippen LogP contribution in [0.3, 0.4) is 0 Å². The molecule has 1 aromatic heterocycles. The number of amides is 1. The zero-order valence-electron chi connectivity index (χ0n) is 22.8. The molecule has 3 rings (SSSR count). The van der Waals surface area contributed by atoms with Crippen LogP contribution in [-0.4, -0.2) is 46.2 Å². The van der Waals surface area contributed by atoms with Crippen molar-refractivity contribution in [1.82, 2.24) is 9.29 Å². The second kappa shape index (κ2) is 16.2. The van der Waals surface area contributed by atoms with E-state index in [2.05, 4.69) is 4.72 Å². The summed E-state index contributed by atoms with van der Waals surface area (Å²) in [7, 11) is -1.60. The molecule has 0 fully saturated rings. The van der Waals surface area contributed by atoms with Crippen LogP contribution >= 0.6 is 23.2 Å². The Labute approximate surface area is 251 Å². The van der Waals surface area contributed by atoms with Gasteiger partial charge < -0.3 is 18.8 Å². The third kappa shape index (κ3) is 9.91. The number of hydrogen-bond donors (Lipinski definition) is 1. The highest BCUT2D eigenvalue weighted by atomic mass is 35.5. The molecule has 0 bridgehead atoms. The van der Waals surface area contributed by atoms with Gasteiger partial charge in [-0.1, -0.05) is 47.5 Å². The molecule has 220 valence electrons. The lowest BCUT2D eigenvalue weighted by Gasteiger charge is -2.17. The van der Waals surface area contributed by atoms with Gasteiger partial charge in [0, 0.05) is 36.9 Å². The standard InChI is InChI=1S/C29H32Cl2N2O7S/c1-3-38-26-7-4-5-8-27(26)40-17-14-25-23(30)19-24(31)29(36)33(25)15-13-21-9-11-22(12-10-21)28(35)32-41(37)18-6-16-39-20(2)34/h4-5,7-12,19H,3,6,13-18H2,1-2H3,(H,32,35). The van der Waals surface area contributed by atoms with Crippen molar-refractivity contribution in [3.05, 3.63) is 91.8 Å². The molecule has 1 unspecified atom stereocenters. The van der Waals surface area contributed by atoms with E-state index in [9.17, 15) is 18.6 Å². The van der Waals surface area contributed by atoms with E-state index in [4.69, 9.17) is 37.4 Å². The summed E-state index contributed by atoms with van der Waals surface area (Å²) < 4.78 is 32.4. The molecule has 1 amide bonds. The summed E-state index contributed by atoms with van der Waals surface area (Å²) in [5.74, 6) is 0.516. The average Bonchev–Trinajstić information content (AvgIpc) is 2.94. The maximum absolute atomic E-state index is 12.9. The molecule has 0 aliphatic heterocycles. The third-order valence-corrected chi connectivity index (χ3v) is 7.55. The van der Waals surface area contributed by atoms with E-state index < -0.39 is 22.9 Å². The number of halogens is 2. The molecule has 1 atom stereocenters. The Bertz CT molecular complexity index is 1430. The third-order valence-electron chi connectivity index (χ3n) is 5.88. The van der Waals surface area contributed by atoms with Crippen molar-refractivity contribution in [1.29, 1.82) is 0 Å². The first-order valence-corrected chi connectivity index (χ1v) is 15.1. The summed E-state index contributed by atoms with van der Waals surface area (Å²) in [5.41, 5.74) is 1.46. The number of hydrogen-bond acceptors (Lipinski definition) is 7. The van der Waals surface area contributed by atoms with Crippen molar-refractivity contribution in [3.63, 3.8) is 0 Å². The Kier molecular flexibility index (Phi) is 12.7. The van der Waals surface area contributed by atoms with Crippen LogP contribution < -0.4 is 19.8 Å². The van der Waals surface area contributed by atoms with Gasteiger partial charge in [-0.15, -0.1) is 0 Å². The number of benzene rings is 2. The van der Waals surface area contributed by atoms with Crippen LogP contribution in [0.5, 0.6) is 11.5 Å². The van der Waals surface area contributed by atoms with Gasteiger partial charge in [-0.05, 0) is 55.7 Å². The Morgan fingerprint density at radius 3 is 2.29 bits per heavy atom. The van der Waals surface area contributed by atoms with Crippen molar-refractivity contribution >= 4 is 46.1 Å². The molecule has 41 heavy (non-hydrogen) atoms. The molecular weight excluding hydrogens is 591 g/mol. The number of rotatable bonds is 15. The van der Waals surface area contributed by atoms with Gasteiger partial charge in [0.2, 0.25) is 0 Å². The number of aromatic nitrogens is 1. The summed E-state index contributed by atoms with van der Waals surface area (Å²) in [4.78, 5) is 36.1. The van der Waals surface area contributed by atoms with E-state index in [1.807, 2.05) is 31.2 Å². The van der Waals surface area contributed by atoms with Crippen LogP contribution in [0.1, 0.15) is 41.9 Å². The molecule has 0 radical (unpaired) electrons. The number of para-hydroxylation sites is 2. The Morgan fingerprint density at radius 2 is 1.63 bits per heavy atom. The maximum Gasteiger partial charge on any atom is 0.302 e. The van der Waals surface area contributed by atoms with E-state index in [1.54, 1.807) is 28.8 Å². The molecule has 1 N–H and O–H groups in total. The minimum atomic E-state index is -1.60. The lowest BCUT2D eigenvalue weighted by molar-refractivity contribution is -0.140. The van der Waals surface area contributed by atoms with E-state index in [0.717, 1.165) is 5.56 Å². The predicted molar refractivity (Wildman–Crippen MR) is 159 cm³/mol. The first-order chi connectivity index (χ1) is 19.7. The van der Waals surface area contributed by atoms with E-state index in [0.29, 0.717) is 60.2 Å². The van der Waals surface area contributed by atoms with Gasteiger partial charge >= 0.3 is 5.97 Å². The zero-order valence-corrected chi connectivity index (χ0v) is 25.2. The SMILES string of the molecule is CCOc1ccccc1OCCc1c(Cl)cc(Cl)c(=O)n1CCc1ccc(C(=O)NS(=O)CCCOC(C)=O)cc1. The first-order valence-electron chi connectivity index (χ1n) is 13.0. The minimum absolute atomic E-state index is 0.0224. The molecular formula is C29H32Cl2N2O7S. The monoisotopic (exact) mass is 622 g/mol. The minimum Gasteiger partial charge on any atom is -0.490 e. The molecule has 0 spiro atoms. The van der Waals surface area contributed by atoms with Gasteiger partial charge in [-0.3, -0.25) is 19.1 Å². The van der Waals surface area contributed by atoms with Crippen LogP contribution in [0.25, 0.3) is 0 Å². The molecule has 12 heteroatoms. The van der Waals surface area contributed by atoms with Gasteiger partial charge in [-0.2, -0.15) is 0 Å². The van der Waals surface area contributed by atoms with Crippen LogP contribution in [0.4, 0.5) is 0 Å². The Balaban J connectivity index is 1.61. The highest BCUT2D eigenvalue weighted by molar-refractivity contribution is 7.83. The molecule has 3 aromatic rings. The molecule has 0 saturated heterocycles. The van der Waals surface area contributed by atoms with Crippen LogP contribution in [0, 0.1) is 0 Å². The number of aryl methyl sites for hydroxylation is 1. The summed E-state index contributed by atoms with van der Waals surface area (Å²) in [6, 6.07) is 15.6. The second-order valence-corrected chi connectivity index (χ2v) is 11.0. The topological polar surface area (TPSA) is 113 Å². The number of ether oxygens (including phenoxy) is 3. The number of pyridine rings is 1. The molecule has 0 aliphatic carbocycles. The van der Waals surface area contributed by atoms with Gasteiger partial charge in [-0.25, -0.2) is 4.21 Å². The molecule has 9 nitrogen and oxygen atoms in total. The lowest BCUT2D eigenvalue weighted by Crippen LogP contribution is -2.28. The Hall–Kier alpha value is -3.34. The number of esters is 1. The molecule has 0 saturated carbocycles. The predicted octanol–water partition coefficient (Wildman–Crippen LogP) is 4.76. The molecule has 1 heterocycles. The fraction of sp³-hybridized carbons (Fsp3) is 0.345. The summed E-state index contributed by atoms with van der Waals surface area (Å²) in [6.45, 7) is 4.41. The van der Waals surface area contributed by atoms with E-state index in [1.165, 1.54) is 13.0 Å². The highest BCUT2D eigenvalue weighted by Gasteiger charge is 2.15. The fourth-order valence-corrected chi connectivity index (χ4v) is 5.29. The second-order valence-electron chi connectivity index (χ2n) is 8.84. The largest absolute Gasteiger partial charge is 0.490 e. The van der Waals surface area contributed by atoms with Crippen LogP contribution in [0.15, 0.2) is 59.4 Å². The van der Waals surface area contributed by atoms with Crippen molar-refractivity contribution in [2.45, 2.75) is 39.7 Å². The molecule has 2 aromatic carbocycles. The number of carbonyl (C=O) groups is 2. The maximum atomic E-state index is 12.9. The lowest BCUT2D eigenvalue weighted by atomic mass is 10.1. The smallest absolute Gasteiger partial charge is 0.302 e. The van der Waals surface area contributed by atoms with E-state index in [-0.39, 0.29) is 29.5 Å². The summed E-state index contributed by atoms with van der Waals surface area (Å²) in [5, 5.41) is 0.387. The van der Waals surface area contributed by atoms with Gasteiger partial charge in [0.05, 0.1) is 24.8 Å². The number of carbonyl (C=O) groups excluding carboxylic acids is 2. The highest BCUT2D eigenvalue weighted by Crippen LogP contribution is 2.27. The quantitative estimate of drug-likeness (QED) is 0.192. The number of nitrogens with zero attached hydrogens (tertiary/aromatic N) is 1. The van der Waals surface area contributed by atoms with Gasteiger partial charge in [0.25, 0.3) is 11.5 Å². The zero-order chi connectivity index (χ0) is 29.8. The van der Waals surface area contributed by atoms with Gasteiger partial charge in [0.15, 0.2) is 11.5 Å². The van der Waals surface area contributed by atoms with Gasteiger partial charge in [0.1, 0.15) is 16.0 Å². The number of nitrogens with one attached hydrogen (secondary N) is 1. The van der Waals surface area contributed by atoms with E-state index >= 15 is 0 Å². The van der Waals surface area contributed by atoms with Crippen LogP contribution in [-0.2, 0) is 39.9 Å². The molecule has 0 aliphatic rings. The summed E-state index contributed by atoms with van der Waals surface area (Å²) >= 11 is 12.6. The van der Waals surface area contributed by atoms with Crippen molar-refractivity contribution in [2.24, 2.45) is 0 Å².